The van der Waals surface area contributed by atoms with Crippen LogP contribution in [0.5, 0.6) is 0 Å². The molecule has 5 heteroatoms. The number of nitrogens with zero attached hydrogens (tertiary/aromatic N) is 2. The maximum atomic E-state index is 6.10. The SMILES string of the molecule is CC(C)CSCc1noc(C(N)c2ccccc2)n1. The predicted octanol–water partition coefficient (Wildman–Crippen LogP) is 3.01. The second kappa shape index (κ2) is 6.73. The van der Waals surface area contributed by atoms with Gasteiger partial charge in [0.2, 0.25) is 5.89 Å². The average molecular weight is 277 g/mol. The Morgan fingerprint density at radius 1 is 1.26 bits per heavy atom. The van der Waals surface area contributed by atoms with E-state index in [-0.39, 0.29) is 6.04 Å². The first-order valence-electron chi connectivity index (χ1n) is 6.37. The molecule has 4 nitrogen and oxygen atoms in total. The molecule has 2 rings (SSSR count). The summed E-state index contributed by atoms with van der Waals surface area (Å²) in [4.78, 5) is 4.36. The molecule has 0 fully saturated rings. The monoisotopic (exact) mass is 277 g/mol. The van der Waals surface area contributed by atoms with E-state index in [1.807, 2.05) is 42.1 Å². The lowest BCUT2D eigenvalue weighted by atomic mass is 10.1. The maximum Gasteiger partial charge on any atom is 0.248 e. The van der Waals surface area contributed by atoms with Gasteiger partial charge in [0.25, 0.3) is 0 Å². The Balaban J connectivity index is 1.97. The van der Waals surface area contributed by atoms with Crippen molar-refractivity contribution in [1.29, 1.82) is 0 Å². The lowest BCUT2D eigenvalue weighted by molar-refractivity contribution is 0.363. The van der Waals surface area contributed by atoms with Crippen molar-refractivity contribution in [2.75, 3.05) is 5.75 Å². The molecular weight excluding hydrogens is 258 g/mol. The first-order valence-corrected chi connectivity index (χ1v) is 7.53. The minimum absolute atomic E-state index is 0.349. The molecule has 2 N–H and O–H groups in total. The van der Waals surface area contributed by atoms with Gasteiger partial charge in [-0.3, -0.25) is 0 Å². The average Bonchev–Trinajstić information content (AvgIpc) is 2.87. The Morgan fingerprint density at radius 3 is 2.68 bits per heavy atom. The van der Waals surface area contributed by atoms with Crippen LogP contribution in [0.4, 0.5) is 0 Å². The summed E-state index contributed by atoms with van der Waals surface area (Å²) >= 11 is 1.81. The summed E-state index contributed by atoms with van der Waals surface area (Å²) in [6, 6.07) is 9.43. The molecule has 0 saturated heterocycles. The molecule has 1 aromatic carbocycles. The first kappa shape index (κ1) is 14.1. The summed E-state index contributed by atoms with van der Waals surface area (Å²) in [5, 5.41) is 3.97. The van der Waals surface area contributed by atoms with Gasteiger partial charge in [-0.15, -0.1) is 0 Å². The smallest absolute Gasteiger partial charge is 0.248 e. The Kier molecular flexibility index (Phi) is 4.99. The van der Waals surface area contributed by atoms with Crippen molar-refractivity contribution in [3.63, 3.8) is 0 Å². The number of thioether (sulfide) groups is 1. The summed E-state index contributed by atoms with van der Waals surface area (Å²) in [5.41, 5.74) is 7.08. The highest BCUT2D eigenvalue weighted by molar-refractivity contribution is 7.98. The molecule has 0 radical (unpaired) electrons. The zero-order valence-corrected chi connectivity index (χ0v) is 12.1. The van der Waals surface area contributed by atoms with E-state index < -0.39 is 0 Å². The highest BCUT2D eigenvalue weighted by Gasteiger charge is 2.16. The number of hydrogen-bond donors (Lipinski definition) is 1. The van der Waals surface area contributed by atoms with Crippen LogP contribution in [0.2, 0.25) is 0 Å². The molecule has 0 bridgehead atoms. The van der Waals surface area contributed by atoms with E-state index in [0.29, 0.717) is 17.6 Å². The summed E-state index contributed by atoms with van der Waals surface area (Å²) in [7, 11) is 0. The van der Waals surface area contributed by atoms with E-state index in [2.05, 4.69) is 24.0 Å². The lowest BCUT2D eigenvalue weighted by Gasteiger charge is -2.05. The van der Waals surface area contributed by atoms with Crippen LogP contribution in [0.3, 0.4) is 0 Å². The molecule has 1 heterocycles. The van der Waals surface area contributed by atoms with Crippen molar-refractivity contribution in [1.82, 2.24) is 10.1 Å². The van der Waals surface area contributed by atoms with Gasteiger partial charge < -0.3 is 10.3 Å². The van der Waals surface area contributed by atoms with Crippen LogP contribution in [0, 0.1) is 5.92 Å². The Hall–Kier alpha value is -1.33. The third kappa shape index (κ3) is 4.08. The van der Waals surface area contributed by atoms with Gasteiger partial charge >= 0.3 is 0 Å². The van der Waals surface area contributed by atoms with Crippen LogP contribution in [0.15, 0.2) is 34.9 Å². The summed E-state index contributed by atoms with van der Waals surface area (Å²) < 4.78 is 5.24. The van der Waals surface area contributed by atoms with Crippen molar-refractivity contribution >= 4 is 11.8 Å². The number of benzene rings is 1. The van der Waals surface area contributed by atoms with Crippen molar-refractivity contribution < 1.29 is 4.52 Å². The normalized spacial score (nSPS) is 12.8. The molecule has 1 atom stereocenters. The van der Waals surface area contributed by atoms with Crippen LogP contribution in [0.1, 0.15) is 37.2 Å². The fraction of sp³-hybridized carbons (Fsp3) is 0.429. The summed E-state index contributed by atoms with van der Waals surface area (Å²) in [6.45, 7) is 4.39. The minimum atomic E-state index is -0.349. The Labute approximate surface area is 117 Å². The molecule has 0 spiro atoms. The summed E-state index contributed by atoms with van der Waals surface area (Å²) in [5.74, 6) is 3.72. The zero-order chi connectivity index (χ0) is 13.7. The highest BCUT2D eigenvalue weighted by atomic mass is 32.2. The number of hydrogen-bond acceptors (Lipinski definition) is 5. The number of nitrogens with two attached hydrogens (primary N) is 1. The second-order valence-corrected chi connectivity index (χ2v) is 5.88. The van der Waals surface area contributed by atoms with Crippen LogP contribution in [-0.4, -0.2) is 15.9 Å². The van der Waals surface area contributed by atoms with E-state index in [0.717, 1.165) is 17.1 Å². The van der Waals surface area contributed by atoms with Crippen molar-refractivity contribution in [3.05, 3.63) is 47.6 Å². The van der Waals surface area contributed by atoms with Gasteiger partial charge in [-0.2, -0.15) is 16.7 Å². The molecule has 2 aromatic rings. The van der Waals surface area contributed by atoms with Gasteiger partial charge in [-0.05, 0) is 17.2 Å². The first-order chi connectivity index (χ1) is 9.16. The van der Waals surface area contributed by atoms with E-state index in [1.54, 1.807) is 0 Å². The van der Waals surface area contributed by atoms with E-state index in [1.165, 1.54) is 0 Å². The van der Waals surface area contributed by atoms with Gasteiger partial charge in [-0.1, -0.05) is 49.3 Å². The van der Waals surface area contributed by atoms with E-state index in [4.69, 9.17) is 10.3 Å². The second-order valence-electron chi connectivity index (χ2n) is 4.85. The molecular formula is C14H19N3OS. The van der Waals surface area contributed by atoms with Gasteiger partial charge in [0.15, 0.2) is 5.82 Å². The maximum absolute atomic E-state index is 6.10. The predicted molar refractivity (Wildman–Crippen MR) is 77.8 cm³/mol. The van der Waals surface area contributed by atoms with Gasteiger partial charge in [0.1, 0.15) is 6.04 Å². The molecule has 19 heavy (non-hydrogen) atoms. The zero-order valence-electron chi connectivity index (χ0n) is 11.2. The molecule has 0 aliphatic carbocycles. The summed E-state index contributed by atoms with van der Waals surface area (Å²) in [6.07, 6.45) is 0. The van der Waals surface area contributed by atoms with Crippen molar-refractivity contribution in [2.24, 2.45) is 11.7 Å². The molecule has 102 valence electrons. The van der Waals surface area contributed by atoms with Crippen molar-refractivity contribution in [2.45, 2.75) is 25.6 Å². The quantitative estimate of drug-likeness (QED) is 0.879. The van der Waals surface area contributed by atoms with Crippen molar-refractivity contribution in [3.8, 4) is 0 Å². The molecule has 0 saturated carbocycles. The number of rotatable bonds is 6. The minimum Gasteiger partial charge on any atom is -0.337 e. The highest BCUT2D eigenvalue weighted by Crippen LogP contribution is 2.19. The van der Waals surface area contributed by atoms with Crippen LogP contribution >= 0.6 is 11.8 Å². The van der Waals surface area contributed by atoms with Gasteiger partial charge in [0, 0.05) is 0 Å². The molecule has 0 aliphatic rings. The van der Waals surface area contributed by atoms with E-state index in [9.17, 15) is 0 Å². The topological polar surface area (TPSA) is 64.9 Å². The van der Waals surface area contributed by atoms with Crippen LogP contribution < -0.4 is 5.73 Å². The van der Waals surface area contributed by atoms with Gasteiger partial charge in [-0.25, -0.2) is 0 Å². The fourth-order valence-electron chi connectivity index (χ4n) is 1.64. The number of aromatic nitrogens is 2. The third-order valence-electron chi connectivity index (χ3n) is 2.59. The lowest BCUT2D eigenvalue weighted by Crippen LogP contribution is -2.12. The molecule has 0 amide bonds. The van der Waals surface area contributed by atoms with Crippen LogP contribution in [0.25, 0.3) is 0 Å². The third-order valence-corrected chi connectivity index (χ3v) is 3.96. The Bertz CT molecular complexity index is 498. The van der Waals surface area contributed by atoms with Crippen LogP contribution in [-0.2, 0) is 5.75 Å². The molecule has 1 aromatic heterocycles. The standard InChI is InChI=1S/C14H19N3OS/c1-10(2)8-19-9-12-16-14(18-17-12)13(15)11-6-4-3-5-7-11/h3-7,10,13H,8-9,15H2,1-2H3. The van der Waals surface area contributed by atoms with E-state index >= 15 is 0 Å². The molecule has 0 aliphatic heterocycles. The largest absolute Gasteiger partial charge is 0.337 e. The fourth-order valence-corrected chi connectivity index (χ4v) is 2.53. The Morgan fingerprint density at radius 2 is 2.00 bits per heavy atom. The van der Waals surface area contributed by atoms with Gasteiger partial charge in [0.05, 0.1) is 5.75 Å². The molecule has 1 unspecified atom stereocenters.